The van der Waals surface area contributed by atoms with Gasteiger partial charge in [-0.15, -0.1) is 0 Å². The number of amides is 3. The Kier molecular flexibility index (Phi) is 8.09. The number of nitrogens with zero attached hydrogens (tertiary/aromatic N) is 4. The Morgan fingerprint density at radius 1 is 1.11 bits per heavy atom. The van der Waals surface area contributed by atoms with Crippen LogP contribution in [-0.2, 0) is 11.3 Å². The number of rotatable bonds is 8. The average Bonchev–Trinajstić information content (AvgIpc) is 3.32. The van der Waals surface area contributed by atoms with E-state index in [1.807, 2.05) is 38.1 Å². The number of hydrogen-bond acceptors (Lipinski definition) is 4. The van der Waals surface area contributed by atoms with Crippen LogP contribution in [0.25, 0.3) is 5.69 Å². The number of urea groups is 1. The summed E-state index contributed by atoms with van der Waals surface area (Å²) in [6.45, 7) is 2.39. The largest absolute Gasteiger partial charge is 0.351 e. The lowest BCUT2D eigenvalue weighted by molar-refractivity contribution is -0.117. The van der Waals surface area contributed by atoms with E-state index in [0.717, 1.165) is 11.4 Å². The van der Waals surface area contributed by atoms with Gasteiger partial charge in [-0.05, 0) is 68.5 Å². The highest BCUT2D eigenvalue weighted by Gasteiger charge is 2.33. The van der Waals surface area contributed by atoms with Crippen molar-refractivity contribution in [3.8, 4) is 5.69 Å². The monoisotopic (exact) mass is 534 g/mol. The van der Waals surface area contributed by atoms with Gasteiger partial charge < -0.3 is 20.5 Å². The van der Waals surface area contributed by atoms with Crippen LogP contribution in [0.15, 0.2) is 79.1 Å². The number of hydrogen-bond donors (Lipinski definition) is 2. The fourth-order valence-corrected chi connectivity index (χ4v) is 4.35. The molecule has 0 radical (unpaired) electrons. The first-order valence-electron chi connectivity index (χ1n) is 11.8. The van der Waals surface area contributed by atoms with Crippen molar-refractivity contribution >= 4 is 34.9 Å². The lowest BCUT2D eigenvalue weighted by Crippen LogP contribution is -2.44. The fraction of sp³-hybridized carbons (Fsp3) is 0.179. The first kappa shape index (κ1) is 26.8. The Bertz CT molecular complexity index is 1450. The lowest BCUT2D eigenvalue weighted by Gasteiger charge is -2.31. The van der Waals surface area contributed by atoms with Crippen LogP contribution in [0.1, 0.15) is 23.0 Å². The van der Waals surface area contributed by atoms with Gasteiger partial charge in [0.25, 0.3) is 5.91 Å². The van der Waals surface area contributed by atoms with Crippen molar-refractivity contribution in [3.05, 3.63) is 107 Å². The van der Waals surface area contributed by atoms with E-state index < -0.39 is 23.8 Å². The minimum Gasteiger partial charge on any atom is -0.351 e. The molecule has 4 aromatic rings. The molecular weight excluding hydrogens is 507 g/mol. The van der Waals surface area contributed by atoms with Crippen LogP contribution in [0.5, 0.6) is 0 Å². The summed E-state index contributed by atoms with van der Waals surface area (Å²) >= 11 is 6.03. The number of aromatic nitrogens is 2. The highest BCUT2D eigenvalue weighted by Crippen LogP contribution is 2.32. The molecule has 3 N–H and O–H groups in total. The second-order valence-electron chi connectivity index (χ2n) is 9.05. The van der Waals surface area contributed by atoms with Gasteiger partial charge in [-0.1, -0.05) is 35.9 Å². The first-order chi connectivity index (χ1) is 18.2. The topological polar surface area (TPSA) is 96.5 Å². The van der Waals surface area contributed by atoms with E-state index in [9.17, 15) is 9.59 Å². The third-order valence-corrected chi connectivity index (χ3v) is 6.25. The van der Waals surface area contributed by atoms with Crippen molar-refractivity contribution in [2.45, 2.75) is 19.5 Å². The molecule has 196 valence electrons. The molecule has 4 rings (SSSR count). The van der Waals surface area contributed by atoms with Gasteiger partial charge in [0.1, 0.15) is 17.7 Å². The highest BCUT2D eigenvalue weighted by atomic mass is 35.5. The number of benzene rings is 3. The van der Waals surface area contributed by atoms with Crippen molar-refractivity contribution in [2.24, 2.45) is 5.73 Å². The van der Waals surface area contributed by atoms with Crippen LogP contribution in [0.4, 0.5) is 20.6 Å². The molecule has 0 aliphatic carbocycles. The molecule has 8 nitrogen and oxygen atoms in total. The number of aryl methyl sites for hydroxylation is 1. The number of nitrogens with one attached hydrogen (secondary N) is 1. The average molecular weight is 535 g/mol. The number of halogens is 2. The standard InChI is InChI=1S/C28H28ClFN6O2/c1-18-6-4-5-7-22(18)26(36(28(31)38)20-10-8-19(29)9-11-20)27(37)33-24-13-12-21(16-23(24)30)35-15-14-32-25(35)17-34(2)3/h4-16,26H,17H2,1-3H3,(H2,31,38)(H,33,37). The van der Waals surface area contributed by atoms with Crippen molar-refractivity contribution in [1.82, 2.24) is 14.5 Å². The van der Waals surface area contributed by atoms with Crippen LogP contribution >= 0.6 is 11.6 Å². The molecule has 1 heterocycles. The summed E-state index contributed by atoms with van der Waals surface area (Å²) < 4.78 is 17.1. The number of imidazole rings is 1. The van der Waals surface area contributed by atoms with Crippen LogP contribution in [0, 0.1) is 12.7 Å². The fourth-order valence-electron chi connectivity index (χ4n) is 4.22. The summed E-state index contributed by atoms with van der Waals surface area (Å²) in [5, 5.41) is 3.11. The Hall–Kier alpha value is -4.21. The molecule has 1 unspecified atom stereocenters. The van der Waals surface area contributed by atoms with Gasteiger partial charge in [0.2, 0.25) is 0 Å². The molecule has 0 saturated heterocycles. The lowest BCUT2D eigenvalue weighted by atomic mass is 9.98. The summed E-state index contributed by atoms with van der Waals surface area (Å²) in [6, 6.07) is 16.0. The summed E-state index contributed by atoms with van der Waals surface area (Å²) in [5.74, 6) is -0.525. The molecule has 3 amide bonds. The van der Waals surface area contributed by atoms with Crippen molar-refractivity contribution in [3.63, 3.8) is 0 Å². The SMILES string of the molecule is Cc1ccccc1C(C(=O)Nc1ccc(-n2ccnc2CN(C)C)cc1F)N(C(N)=O)c1ccc(Cl)cc1. The molecule has 0 fully saturated rings. The molecule has 1 aromatic heterocycles. The van der Waals surface area contributed by atoms with E-state index in [1.165, 1.54) is 17.0 Å². The Morgan fingerprint density at radius 3 is 2.45 bits per heavy atom. The molecule has 0 spiro atoms. The molecule has 0 saturated carbocycles. The zero-order valence-electron chi connectivity index (χ0n) is 21.2. The number of carbonyl (C=O) groups is 2. The maximum absolute atomic E-state index is 15.3. The maximum atomic E-state index is 15.3. The molecule has 0 bridgehead atoms. The van der Waals surface area contributed by atoms with E-state index in [2.05, 4.69) is 10.3 Å². The van der Waals surface area contributed by atoms with E-state index in [-0.39, 0.29) is 5.69 Å². The van der Waals surface area contributed by atoms with E-state index in [0.29, 0.717) is 28.5 Å². The van der Waals surface area contributed by atoms with Crippen LogP contribution < -0.4 is 16.0 Å². The van der Waals surface area contributed by atoms with Gasteiger partial charge in [-0.2, -0.15) is 0 Å². The molecule has 1 atom stereocenters. The molecular formula is C28H28ClFN6O2. The summed E-state index contributed by atoms with van der Waals surface area (Å²) in [7, 11) is 3.84. The number of carbonyl (C=O) groups excluding carboxylic acids is 2. The highest BCUT2D eigenvalue weighted by molar-refractivity contribution is 6.30. The Labute approximate surface area is 225 Å². The van der Waals surface area contributed by atoms with Crippen LogP contribution in [0.2, 0.25) is 5.02 Å². The quantitative estimate of drug-likeness (QED) is 0.320. The summed E-state index contributed by atoms with van der Waals surface area (Å²) in [6.07, 6.45) is 3.39. The zero-order chi connectivity index (χ0) is 27.4. The Morgan fingerprint density at radius 2 is 1.82 bits per heavy atom. The predicted molar refractivity (Wildman–Crippen MR) is 147 cm³/mol. The molecule has 0 aliphatic heterocycles. The van der Waals surface area contributed by atoms with Crippen molar-refractivity contribution < 1.29 is 14.0 Å². The van der Waals surface area contributed by atoms with Gasteiger partial charge >= 0.3 is 6.03 Å². The maximum Gasteiger partial charge on any atom is 0.320 e. The van der Waals surface area contributed by atoms with E-state index in [1.54, 1.807) is 59.4 Å². The van der Waals surface area contributed by atoms with Gasteiger partial charge in [-0.25, -0.2) is 14.2 Å². The van der Waals surface area contributed by atoms with Gasteiger partial charge in [0.15, 0.2) is 0 Å². The third-order valence-electron chi connectivity index (χ3n) is 6.00. The smallest absolute Gasteiger partial charge is 0.320 e. The normalized spacial score (nSPS) is 11.8. The molecule has 10 heteroatoms. The molecule has 3 aromatic carbocycles. The summed E-state index contributed by atoms with van der Waals surface area (Å²) in [5.41, 5.74) is 7.97. The Balaban J connectivity index is 1.70. The van der Waals surface area contributed by atoms with Gasteiger partial charge in [-0.3, -0.25) is 9.69 Å². The third kappa shape index (κ3) is 5.85. The summed E-state index contributed by atoms with van der Waals surface area (Å²) in [4.78, 5) is 33.9. The molecule has 38 heavy (non-hydrogen) atoms. The van der Waals surface area contributed by atoms with Crippen LogP contribution in [-0.4, -0.2) is 40.5 Å². The first-order valence-corrected chi connectivity index (χ1v) is 12.2. The number of anilines is 2. The second kappa shape index (κ2) is 11.5. The van der Waals surface area contributed by atoms with Crippen LogP contribution in [0.3, 0.4) is 0 Å². The minimum absolute atomic E-state index is 0.0351. The van der Waals surface area contributed by atoms with Crippen molar-refractivity contribution in [2.75, 3.05) is 24.3 Å². The second-order valence-corrected chi connectivity index (χ2v) is 9.48. The number of nitrogens with two attached hydrogens (primary N) is 1. The predicted octanol–water partition coefficient (Wildman–Crippen LogP) is 5.30. The van der Waals surface area contributed by atoms with Gasteiger partial charge in [0.05, 0.1) is 12.2 Å². The van der Waals surface area contributed by atoms with Crippen molar-refractivity contribution in [1.29, 1.82) is 0 Å². The van der Waals surface area contributed by atoms with E-state index in [4.69, 9.17) is 17.3 Å². The number of primary amides is 1. The van der Waals surface area contributed by atoms with E-state index >= 15 is 4.39 Å². The zero-order valence-corrected chi connectivity index (χ0v) is 22.0. The minimum atomic E-state index is -1.17. The molecule has 0 aliphatic rings. The van der Waals surface area contributed by atoms with Gasteiger partial charge in [0, 0.05) is 34.9 Å².